The summed E-state index contributed by atoms with van der Waals surface area (Å²) in [5.74, 6) is 0. The second kappa shape index (κ2) is 9.92. The van der Waals surface area contributed by atoms with Crippen molar-refractivity contribution in [3.05, 3.63) is 36.2 Å². The van der Waals surface area contributed by atoms with Crippen molar-refractivity contribution in [3.63, 3.8) is 0 Å². The molecule has 3 heterocycles. The lowest BCUT2D eigenvalue weighted by Gasteiger charge is -2.38. The molecule has 1 amide bonds. The summed E-state index contributed by atoms with van der Waals surface area (Å²) in [5.41, 5.74) is 4.48. The van der Waals surface area contributed by atoms with Gasteiger partial charge in [0.25, 0.3) is 0 Å². The van der Waals surface area contributed by atoms with E-state index in [1.54, 1.807) is 0 Å². The van der Waals surface area contributed by atoms with Gasteiger partial charge in [-0.1, -0.05) is 6.07 Å². The topological polar surface area (TPSA) is 74.7 Å². The molecule has 0 bridgehead atoms. The first kappa shape index (κ1) is 22.6. The highest BCUT2D eigenvalue weighted by Crippen LogP contribution is 2.38. The summed E-state index contributed by atoms with van der Waals surface area (Å²) >= 11 is 0. The Morgan fingerprint density at radius 2 is 2.03 bits per heavy atom. The van der Waals surface area contributed by atoms with Crippen LogP contribution in [0.25, 0.3) is 11.1 Å². The number of amides is 1. The maximum atomic E-state index is 12.3. The summed E-state index contributed by atoms with van der Waals surface area (Å²) in [4.78, 5) is 17.1. The van der Waals surface area contributed by atoms with E-state index in [0.717, 1.165) is 68.1 Å². The Morgan fingerprint density at radius 3 is 2.78 bits per heavy atom. The minimum atomic E-state index is -0.362. The minimum Gasteiger partial charge on any atom is -0.447 e. The van der Waals surface area contributed by atoms with Crippen molar-refractivity contribution in [2.45, 2.75) is 51.9 Å². The number of rotatable bonds is 6. The lowest BCUT2D eigenvalue weighted by molar-refractivity contribution is 0.111. The van der Waals surface area contributed by atoms with Crippen LogP contribution < -0.4 is 15.5 Å². The van der Waals surface area contributed by atoms with Gasteiger partial charge in [0.1, 0.15) is 0 Å². The normalized spacial score (nSPS) is 21.5. The number of piperazine rings is 1. The van der Waals surface area contributed by atoms with Crippen LogP contribution in [0.5, 0.6) is 0 Å². The smallest absolute Gasteiger partial charge is 0.407 e. The van der Waals surface area contributed by atoms with Crippen molar-refractivity contribution in [3.8, 4) is 11.1 Å². The molecule has 0 saturated carbocycles. The summed E-state index contributed by atoms with van der Waals surface area (Å²) in [6, 6.07) is 6.74. The third-order valence-electron chi connectivity index (χ3n) is 6.48. The van der Waals surface area contributed by atoms with Gasteiger partial charge in [-0.05, 0) is 50.5 Å². The van der Waals surface area contributed by atoms with Gasteiger partial charge in [-0.3, -0.25) is 9.58 Å². The van der Waals surface area contributed by atoms with Crippen molar-refractivity contribution in [2.24, 2.45) is 0 Å². The van der Waals surface area contributed by atoms with E-state index in [1.165, 1.54) is 0 Å². The molecule has 1 saturated heterocycles. The molecule has 0 spiro atoms. The predicted molar refractivity (Wildman–Crippen MR) is 127 cm³/mol. The van der Waals surface area contributed by atoms with Crippen molar-refractivity contribution >= 4 is 11.8 Å². The highest BCUT2D eigenvalue weighted by atomic mass is 16.6. The molecule has 1 aromatic heterocycles. The Balaban J connectivity index is 1.50. The summed E-state index contributed by atoms with van der Waals surface area (Å²) < 4.78 is 7.37. The molecule has 4 rings (SSSR count). The zero-order valence-electron chi connectivity index (χ0n) is 19.7. The van der Waals surface area contributed by atoms with Gasteiger partial charge in [0, 0.05) is 63.3 Å². The van der Waals surface area contributed by atoms with Crippen LogP contribution in [0.2, 0.25) is 0 Å². The van der Waals surface area contributed by atoms with E-state index in [2.05, 4.69) is 63.9 Å². The van der Waals surface area contributed by atoms with E-state index in [9.17, 15) is 4.79 Å². The van der Waals surface area contributed by atoms with E-state index >= 15 is 0 Å². The zero-order chi connectivity index (χ0) is 22.7. The molecule has 0 radical (unpaired) electrons. The zero-order valence-corrected chi connectivity index (χ0v) is 19.7. The van der Waals surface area contributed by atoms with E-state index in [1.807, 2.05) is 24.7 Å². The number of benzene rings is 1. The van der Waals surface area contributed by atoms with Gasteiger partial charge in [-0.2, -0.15) is 5.10 Å². The fraction of sp³-hybridized carbons (Fsp3) is 0.583. The van der Waals surface area contributed by atoms with Crippen LogP contribution in [0.3, 0.4) is 0 Å². The Bertz CT molecular complexity index is 921. The van der Waals surface area contributed by atoms with Crippen LogP contribution in [-0.2, 0) is 11.3 Å². The molecule has 8 nitrogen and oxygen atoms in total. The highest BCUT2D eigenvalue weighted by molar-refractivity contribution is 5.73. The molecule has 2 aliphatic rings. The standard InChI is InChI=1S/C24H36N6O2/c1-17(2)32-24(31)27-22-13-18(3)28(4)23-6-5-19(14-21(22)23)20-15-26-30(16-20)12-11-29-9-7-25-8-10-29/h5-6,14-18,22,25H,7-13H2,1-4H3,(H,27,31). The van der Waals surface area contributed by atoms with Gasteiger partial charge in [0.2, 0.25) is 0 Å². The molecule has 2 aromatic rings. The molecule has 2 N–H and O–H groups in total. The Morgan fingerprint density at radius 1 is 1.25 bits per heavy atom. The second-order valence-corrected chi connectivity index (χ2v) is 9.20. The van der Waals surface area contributed by atoms with Gasteiger partial charge in [-0.25, -0.2) is 4.79 Å². The molecular weight excluding hydrogens is 404 g/mol. The van der Waals surface area contributed by atoms with Crippen LogP contribution in [-0.4, -0.2) is 72.7 Å². The largest absolute Gasteiger partial charge is 0.447 e. The summed E-state index contributed by atoms with van der Waals surface area (Å²) in [5, 5.41) is 11.1. The molecule has 32 heavy (non-hydrogen) atoms. The number of carbonyl (C=O) groups excluding carboxylic acids is 1. The number of nitrogens with one attached hydrogen (secondary N) is 2. The maximum Gasteiger partial charge on any atom is 0.407 e. The third kappa shape index (κ3) is 5.24. The molecule has 1 fully saturated rings. The van der Waals surface area contributed by atoms with E-state index < -0.39 is 0 Å². The predicted octanol–water partition coefficient (Wildman–Crippen LogP) is 2.86. The average Bonchev–Trinajstić information content (AvgIpc) is 3.25. The van der Waals surface area contributed by atoms with Crippen LogP contribution in [0, 0.1) is 0 Å². The lowest BCUT2D eigenvalue weighted by Crippen LogP contribution is -2.44. The van der Waals surface area contributed by atoms with E-state index in [4.69, 9.17) is 4.74 Å². The van der Waals surface area contributed by atoms with E-state index in [0.29, 0.717) is 6.04 Å². The Kier molecular flexibility index (Phi) is 7.01. The SMILES string of the molecule is CC(C)OC(=O)NC1CC(C)N(C)c2ccc(-c3cnn(CCN4CCNCC4)c3)cc21. The number of hydrogen-bond acceptors (Lipinski definition) is 6. The number of ether oxygens (including phenoxy) is 1. The Labute approximate surface area is 190 Å². The fourth-order valence-electron chi connectivity index (χ4n) is 4.54. The van der Waals surface area contributed by atoms with Gasteiger partial charge in [0.05, 0.1) is 24.9 Å². The quantitative estimate of drug-likeness (QED) is 0.720. The van der Waals surface area contributed by atoms with Crippen LogP contribution in [0.1, 0.15) is 38.8 Å². The maximum absolute atomic E-state index is 12.3. The van der Waals surface area contributed by atoms with Crippen molar-refractivity contribution in [1.82, 2.24) is 25.3 Å². The molecule has 2 aliphatic heterocycles. The van der Waals surface area contributed by atoms with Gasteiger partial charge < -0.3 is 20.3 Å². The summed E-state index contributed by atoms with van der Waals surface area (Å²) in [7, 11) is 2.11. The monoisotopic (exact) mass is 440 g/mol. The highest BCUT2D eigenvalue weighted by Gasteiger charge is 2.30. The fourth-order valence-corrected chi connectivity index (χ4v) is 4.54. The number of hydrogen-bond donors (Lipinski definition) is 2. The molecule has 0 aliphatic carbocycles. The van der Waals surface area contributed by atoms with Gasteiger partial charge in [0.15, 0.2) is 0 Å². The van der Waals surface area contributed by atoms with Crippen LogP contribution in [0.4, 0.5) is 10.5 Å². The number of aromatic nitrogens is 2. The third-order valence-corrected chi connectivity index (χ3v) is 6.48. The first-order valence-electron chi connectivity index (χ1n) is 11.7. The average molecular weight is 441 g/mol. The first-order valence-corrected chi connectivity index (χ1v) is 11.7. The summed E-state index contributed by atoms with van der Waals surface area (Å²) in [6.07, 6.45) is 4.39. The molecule has 2 unspecified atom stereocenters. The number of anilines is 1. The van der Waals surface area contributed by atoms with Crippen molar-refractivity contribution in [1.29, 1.82) is 0 Å². The number of carbonyl (C=O) groups is 1. The van der Waals surface area contributed by atoms with Crippen LogP contribution in [0.15, 0.2) is 30.6 Å². The first-order chi connectivity index (χ1) is 15.4. The Hall–Kier alpha value is -2.58. The van der Waals surface area contributed by atoms with Gasteiger partial charge in [-0.15, -0.1) is 0 Å². The van der Waals surface area contributed by atoms with E-state index in [-0.39, 0.29) is 18.2 Å². The lowest BCUT2D eigenvalue weighted by atomic mass is 9.90. The molecule has 1 aromatic carbocycles. The van der Waals surface area contributed by atoms with Gasteiger partial charge >= 0.3 is 6.09 Å². The second-order valence-electron chi connectivity index (χ2n) is 9.20. The van der Waals surface area contributed by atoms with Crippen LogP contribution >= 0.6 is 0 Å². The molecular formula is C24H36N6O2. The minimum absolute atomic E-state index is 0.0786. The molecule has 2 atom stereocenters. The number of nitrogens with zero attached hydrogens (tertiary/aromatic N) is 4. The molecule has 174 valence electrons. The number of fused-ring (bicyclic) bond motifs is 1. The number of alkyl carbamates (subject to hydrolysis) is 1. The van der Waals surface area contributed by atoms with Crippen molar-refractivity contribution < 1.29 is 9.53 Å². The van der Waals surface area contributed by atoms with Crippen molar-refractivity contribution in [2.75, 3.05) is 44.7 Å². The molecule has 8 heteroatoms. The summed E-state index contributed by atoms with van der Waals surface area (Å²) in [6.45, 7) is 12.1.